The van der Waals surface area contributed by atoms with E-state index in [1.807, 2.05) is 30.3 Å². The molecule has 2 aromatic rings. The highest BCUT2D eigenvalue weighted by Gasteiger charge is 2.22. The molecule has 6 heteroatoms. The summed E-state index contributed by atoms with van der Waals surface area (Å²) >= 11 is 0. The van der Waals surface area contributed by atoms with Crippen molar-refractivity contribution in [3.8, 4) is 0 Å². The molecule has 0 aliphatic heterocycles. The van der Waals surface area contributed by atoms with Crippen molar-refractivity contribution in [2.75, 3.05) is 5.32 Å². The molecule has 0 bridgehead atoms. The number of hydrogen-bond donors (Lipinski definition) is 2. The molecule has 0 radical (unpaired) electrons. The number of carbonyl (C=O) groups is 1. The Labute approximate surface area is 151 Å². The zero-order valence-corrected chi connectivity index (χ0v) is 15.0. The van der Waals surface area contributed by atoms with E-state index in [1.54, 1.807) is 6.92 Å². The van der Waals surface area contributed by atoms with Gasteiger partial charge in [0.1, 0.15) is 0 Å². The lowest BCUT2D eigenvalue weighted by Gasteiger charge is -2.25. The van der Waals surface area contributed by atoms with Crippen LogP contribution in [0.25, 0.3) is 0 Å². The molecule has 0 saturated carbocycles. The molecule has 0 aliphatic carbocycles. The largest absolute Gasteiger partial charge is 0.322 e. The third-order valence-electron chi connectivity index (χ3n) is 4.05. The smallest absolute Gasteiger partial charge is 0.241 e. The van der Waals surface area contributed by atoms with Crippen LogP contribution in [0.15, 0.2) is 42.5 Å². The van der Waals surface area contributed by atoms with Crippen LogP contribution >= 0.6 is 0 Å². The molecular formula is C20H23F3N2O. The lowest BCUT2D eigenvalue weighted by Crippen LogP contribution is -2.40. The van der Waals surface area contributed by atoms with Crippen LogP contribution in [-0.4, -0.2) is 11.9 Å². The quantitative estimate of drug-likeness (QED) is 0.693. The maximum absolute atomic E-state index is 13.7. The van der Waals surface area contributed by atoms with Crippen LogP contribution in [0.5, 0.6) is 0 Å². The normalized spacial score (nSPS) is 13.5. The van der Waals surface area contributed by atoms with Crippen LogP contribution in [0.4, 0.5) is 18.9 Å². The predicted octanol–water partition coefficient (Wildman–Crippen LogP) is 4.81. The van der Waals surface area contributed by atoms with Crippen LogP contribution in [0.1, 0.15) is 38.8 Å². The Morgan fingerprint density at radius 2 is 1.62 bits per heavy atom. The van der Waals surface area contributed by atoms with Crippen molar-refractivity contribution in [2.24, 2.45) is 5.92 Å². The van der Waals surface area contributed by atoms with Gasteiger partial charge in [0, 0.05) is 6.04 Å². The monoisotopic (exact) mass is 364 g/mol. The van der Waals surface area contributed by atoms with Gasteiger partial charge in [-0.1, -0.05) is 44.2 Å². The van der Waals surface area contributed by atoms with Gasteiger partial charge in [-0.25, -0.2) is 13.2 Å². The third kappa shape index (κ3) is 5.08. The van der Waals surface area contributed by atoms with Crippen LogP contribution in [0, 0.1) is 23.4 Å². The number of amides is 1. The Morgan fingerprint density at radius 3 is 2.23 bits per heavy atom. The summed E-state index contributed by atoms with van der Waals surface area (Å²) in [5.41, 5.74) is 0.655. The molecule has 0 aromatic heterocycles. The van der Waals surface area contributed by atoms with Gasteiger partial charge in [0.2, 0.25) is 5.91 Å². The number of halogens is 3. The van der Waals surface area contributed by atoms with Gasteiger partial charge in [0.25, 0.3) is 0 Å². The first-order chi connectivity index (χ1) is 12.3. The molecule has 2 atom stereocenters. The molecular weight excluding hydrogens is 341 g/mol. The Hall–Kier alpha value is -2.34. The molecule has 3 nitrogen and oxygen atoms in total. The summed E-state index contributed by atoms with van der Waals surface area (Å²) in [5.74, 6) is -4.45. The Kier molecular flexibility index (Phi) is 6.80. The van der Waals surface area contributed by atoms with Gasteiger partial charge in [0.05, 0.1) is 11.7 Å². The van der Waals surface area contributed by atoms with Gasteiger partial charge in [-0.3, -0.25) is 10.1 Å². The van der Waals surface area contributed by atoms with E-state index < -0.39 is 29.4 Å². The molecule has 2 aromatic carbocycles. The minimum absolute atomic E-state index is 0.0632. The second kappa shape index (κ2) is 8.85. The highest BCUT2D eigenvalue weighted by molar-refractivity contribution is 5.94. The van der Waals surface area contributed by atoms with Crippen molar-refractivity contribution >= 4 is 11.6 Å². The fraction of sp³-hybridized carbons (Fsp3) is 0.350. The highest BCUT2D eigenvalue weighted by Crippen LogP contribution is 2.23. The minimum atomic E-state index is -1.61. The van der Waals surface area contributed by atoms with E-state index in [2.05, 4.69) is 24.5 Å². The fourth-order valence-corrected chi connectivity index (χ4v) is 2.70. The second-order valence-corrected chi connectivity index (χ2v) is 6.69. The highest BCUT2D eigenvalue weighted by atomic mass is 19.2. The third-order valence-corrected chi connectivity index (χ3v) is 4.05. The summed E-state index contributed by atoms with van der Waals surface area (Å²) in [5, 5.41) is 5.53. The molecule has 0 heterocycles. The van der Waals surface area contributed by atoms with E-state index in [0.29, 0.717) is 5.92 Å². The van der Waals surface area contributed by atoms with E-state index in [4.69, 9.17) is 0 Å². The molecule has 0 spiro atoms. The van der Waals surface area contributed by atoms with Crippen LogP contribution in [-0.2, 0) is 4.79 Å². The second-order valence-electron chi connectivity index (χ2n) is 6.69. The maximum atomic E-state index is 13.7. The van der Waals surface area contributed by atoms with E-state index >= 15 is 0 Å². The number of hydrogen-bond acceptors (Lipinski definition) is 2. The van der Waals surface area contributed by atoms with Crippen molar-refractivity contribution in [3.63, 3.8) is 0 Å². The SMILES string of the molecule is CC(C)C[C@@H](N[C@H](C)C(=O)Nc1ccc(F)c(F)c1F)c1ccccc1. The summed E-state index contributed by atoms with van der Waals surface area (Å²) in [6.45, 7) is 5.81. The topological polar surface area (TPSA) is 41.1 Å². The van der Waals surface area contributed by atoms with Gasteiger partial charge in [-0.15, -0.1) is 0 Å². The molecule has 0 aliphatic rings. The summed E-state index contributed by atoms with van der Waals surface area (Å²) in [6, 6.07) is 10.8. The average Bonchev–Trinajstić information content (AvgIpc) is 2.61. The van der Waals surface area contributed by atoms with Crippen molar-refractivity contribution in [2.45, 2.75) is 39.3 Å². The molecule has 0 unspecified atom stereocenters. The average molecular weight is 364 g/mol. The van der Waals surface area contributed by atoms with Gasteiger partial charge < -0.3 is 5.32 Å². The summed E-state index contributed by atoms with van der Waals surface area (Å²) in [4.78, 5) is 12.4. The van der Waals surface area contributed by atoms with Gasteiger partial charge in [0.15, 0.2) is 17.5 Å². The maximum Gasteiger partial charge on any atom is 0.241 e. The zero-order chi connectivity index (χ0) is 19.3. The molecule has 26 heavy (non-hydrogen) atoms. The van der Waals surface area contributed by atoms with Crippen LogP contribution in [0.3, 0.4) is 0 Å². The summed E-state index contributed by atoms with van der Waals surface area (Å²) in [6.07, 6.45) is 0.807. The van der Waals surface area contributed by atoms with E-state index in [1.165, 1.54) is 0 Å². The molecule has 2 N–H and O–H groups in total. The first-order valence-electron chi connectivity index (χ1n) is 8.55. The summed E-state index contributed by atoms with van der Waals surface area (Å²) in [7, 11) is 0. The van der Waals surface area contributed by atoms with Crippen molar-refractivity contribution in [3.05, 3.63) is 65.5 Å². The molecule has 2 rings (SSSR count). The number of nitrogens with one attached hydrogen (secondary N) is 2. The molecule has 140 valence electrons. The minimum Gasteiger partial charge on any atom is -0.322 e. The van der Waals surface area contributed by atoms with Gasteiger partial charge in [-0.05, 0) is 37.0 Å². The van der Waals surface area contributed by atoms with E-state index in [0.717, 1.165) is 24.1 Å². The van der Waals surface area contributed by atoms with E-state index in [9.17, 15) is 18.0 Å². The predicted molar refractivity (Wildman–Crippen MR) is 96.2 cm³/mol. The fourth-order valence-electron chi connectivity index (χ4n) is 2.70. The van der Waals surface area contributed by atoms with Crippen molar-refractivity contribution < 1.29 is 18.0 Å². The Bertz CT molecular complexity index is 750. The van der Waals surface area contributed by atoms with E-state index in [-0.39, 0.29) is 11.7 Å². The van der Waals surface area contributed by atoms with Gasteiger partial charge >= 0.3 is 0 Å². The van der Waals surface area contributed by atoms with Crippen LogP contribution in [0.2, 0.25) is 0 Å². The summed E-state index contributed by atoms with van der Waals surface area (Å²) < 4.78 is 40.0. The Balaban J connectivity index is 2.10. The number of anilines is 1. The standard InChI is InChI=1S/C20H23F3N2O/c1-12(2)11-17(14-7-5-4-6-8-14)24-13(3)20(26)25-16-10-9-15(21)18(22)19(16)23/h4-10,12-13,17,24H,11H2,1-3H3,(H,25,26)/t13-,17-/m1/s1. The lowest BCUT2D eigenvalue weighted by atomic mass is 9.96. The number of carbonyl (C=O) groups excluding carboxylic acids is 1. The van der Waals surface area contributed by atoms with Crippen LogP contribution < -0.4 is 10.6 Å². The number of rotatable bonds is 7. The Morgan fingerprint density at radius 1 is 0.962 bits per heavy atom. The number of benzene rings is 2. The first kappa shape index (κ1) is 20.0. The first-order valence-corrected chi connectivity index (χ1v) is 8.55. The molecule has 1 amide bonds. The van der Waals surface area contributed by atoms with Crippen molar-refractivity contribution in [1.29, 1.82) is 0 Å². The zero-order valence-electron chi connectivity index (χ0n) is 15.0. The van der Waals surface area contributed by atoms with Crippen molar-refractivity contribution in [1.82, 2.24) is 5.32 Å². The lowest BCUT2D eigenvalue weighted by molar-refractivity contribution is -0.118. The molecule has 0 fully saturated rings. The molecule has 0 saturated heterocycles. The van der Waals surface area contributed by atoms with Gasteiger partial charge in [-0.2, -0.15) is 0 Å².